The van der Waals surface area contributed by atoms with E-state index in [0.29, 0.717) is 0 Å². The van der Waals surface area contributed by atoms with Gasteiger partial charge in [-0.2, -0.15) is 0 Å². The molecule has 0 aromatic rings. The predicted molar refractivity (Wildman–Crippen MR) is 65.4 cm³/mol. The fourth-order valence-corrected chi connectivity index (χ4v) is 2.76. The first-order valence-corrected chi connectivity index (χ1v) is 6.55. The van der Waals surface area contributed by atoms with Crippen molar-refractivity contribution in [1.82, 2.24) is 4.90 Å². The SMILES string of the molecule is CC1(C)O[C@H]2[C@H](O1)[C@@H](O)CN(C(CO)CO)C[C@@H]2O. The highest BCUT2D eigenvalue weighted by atomic mass is 16.8. The summed E-state index contributed by atoms with van der Waals surface area (Å²) in [6, 6.07) is -0.504. The van der Waals surface area contributed by atoms with Gasteiger partial charge in [-0.15, -0.1) is 0 Å². The first-order valence-electron chi connectivity index (χ1n) is 6.55. The van der Waals surface area contributed by atoms with Crippen LogP contribution in [0, 0.1) is 0 Å². The molecule has 2 fully saturated rings. The van der Waals surface area contributed by atoms with E-state index in [2.05, 4.69) is 0 Å². The lowest BCUT2D eigenvalue weighted by Gasteiger charge is -2.31. The van der Waals surface area contributed by atoms with Gasteiger partial charge in [-0.05, 0) is 13.8 Å². The number of likely N-dealkylation sites (tertiary alicyclic amines) is 1. The summed E-state index contributed by atoms with van der Waals surface area (Å²) in [5.74, 6) is -0.827. The standard InChI is InChI=1S/C12H23NO6/c1-12(2)18-10-8(16)3-13(7(5-14)6-15)4-9(17)11(10)19-12/h7-11,14-17H,3-6H2,1-2H3/t8-,9-,10+,11+/m0/s1. The van der Waals surface area contributed by atoms with Gasteiger partial charge in [0.25, 0.3) is 0 Å². The Bertz CT molecular complexity index is 287. The molecule has 0 aromatic carbocycles. The van der Waals surface area contributed by atoms with Crippen molar-refractivity contribution in [2.24, 2.45) is 0 Å². The minimum atomic E-state index is -0.843. The van der Waals surface area contributed by atoms with E-state index in [9.17, 15) is 20.4 Å². The lowest BCUT2D eigenvalue weighted by atomic mass is 10.1. The van der Waals surface area contributed by atoms with E-state index in [-0.39, 0.29) is 26.3 Å². The zero-order valence-corrected chi connectivity index (χ0v) is 11.3. The number of hydrogen-bond acceptors (Lipinski definition) is 7. The third kappa shape index (κ3) is 3.08. The summed E-state index contributed by atoms with van der Waals surface area (Å²) < 4.78 is 11.3. The van der Waals surface area contributed by atoms with Gasteiger partial charge in [0.15, 0.2) is 5.79 Å². The van der Waals surface area contributed by atoms with E-state index in [4.69, 9.17) is 9.47 Å². The summed E-state index contributed by atoms with van der Waals surface area (Å²) in [5.41, 5.74) is 0. The topological polar surface area (TPSA) is 103 Å². The number of fused-ring (bicyclic) bond motifs is 1. The van der Waals surface area contributed by atoms with E-state index in [0.717, 1.165) is 0 Å². The van der Waals surface area contributed by atoms with Gasteiger partial charge in [0.1, 0.15) is 12.2 Å². The van der Waals surface area contributed by atoms with Gasteiger partial charge in [0, 0.05) is 13.1 Å². The van der Waals surface area contributed by atoms with E-state index >= 15 is 0 Å². The molecule has 2 aliphatic rings. The minimum Gasteiger partial charge on any atom is -0.395 e. The number of rotatable bonds is 3. The lowest BCUT2D eigenvalue weighted by Crippen LogP contribution is -2.47. The van der Waals surface area contributed by atoms with E-state index in [1.165, 1.54) is 0 Å². The van der Waals surface area contributed by atoms with Crippen molar-refractivity contribution in [3.63, 3.8) is 0 Å². The van der Waals surface area contributed by atoms with Crippen molar-refractivity contribution in [3.05, 3.63) is 0 Å². The molecule has 112 valence electrons. The predicted octanol–water partition coefficient (Wildman–Crippen LogP) is -2.10. The zero-order chi connectivity index (χ0) is 14.2. The molecule has 7 nitrogen and oxygen atoms in total. The van der Waals surface area contributed by atoms with Gasteiger partial charge in [0.2, 0.25) is 0 Å². The third-order valence-corrected chi connectivity index (χ3v) is 3.70. The highest BCUT2D eigenvalue weighted by Gasteiger charge is 2.50. The number of aliphatic hydroxyl groups is 4. The molecule has 0 aromatic heterocycles. The van der Waals surface area contributed by atoms with Crippen LogP contribution in [0.3, 0.4) is 0 Å². The fourth-order valence-electron chi connectivity index (χ4n) is 2.76. The molecule has 0 unspecified atom stereocenters. The van der Waals surface area contributed by atoms with Gasteiger partial charge in [0.05, 0.1) is 31.5 Å². The summed E-state index contributed by atoms with van der Waals surface area (Å²) in [4.78, 5) is 1.66. The second-order valence-corrected chi connectivity index (χ2v) is 5.67. The fraction of sp³-hybridized carbons (Fsp3) is 1.00. The van der Waals surface area contributed by atoms with Gasteiger partial charge in [-0.3, -0.25) is 4.90 Å². The van der Waals surface area contributed by atoms with Gasteiger partial charge >= 0.3 is 0 Å². The van der Waals surface area contributed by atoms with Crippen molar-refractivity contribution < 1.29 is 29.9 Å². The van der Waals surface area contributed by atoms with Crippen LogP contribution >= 0.6 is 0 Å². The van der Waals surface area contributed by atoms with Crippen LogP contribution in [0.4, 0.5) is 0 Å². The Labute approximate surface area is 112 Å². The monoisotopic (exact) mass is 277 g/mol. The van der Waals surface area contributed by atoms with Crippen LogP contribution < -0.4 is 0 Å². The molecule has 2 rings (SSSR count). The Hall–Kier alpha value is -0.280. The van der Waals surface area contributed by atoms with Crippen LogP contribution in [-0.4, -0.2) is 87.9 Å². The average Bonchev–Trinajstić information content (AvgIpc) is 2.61. The van der Waals surface area contributed by atoms with Crippen LogP contribution in [0.2, 0.25) is 0 Å². The summed E-state index contributed by atoms with van der Waals surface area (Å²) in [6.45, 7) is 3.43. The summed E-state index contributed by atoms with van der Waals surface area (Å²) in [7, 11) is 0. The molecular weight excluding hydrogens is 254 g/mol. The second kappa shape index (κ2) is 5.61. The van der Waals surface area contributed by atoms with Crippen molar-refractivity contribution in [3.8, 4) is 0 Å². The van der Waals surface area contributed by atoms with Crippen LogP contribution in [0.25, 0.3) is 0 Å². The smallest absolute Gasteiger partial charge is 0.164 e. The van der Waals surface area contributed by atoms with Crippen molar-refractivity contribution in [2.45, 2.75) is 50.1 Å². The van der Waals surface area contributed by atoms with Crippen molar-refractivity contribution >= 4 is 0 Å². The van der Waals surface area contributed by atoms with E-state index in [1.807, 2.05) is 0 Å². The number of aliphatic hydroxyl groups excluding tert-OH is 4. The highest BCUT2D eigenvalue weighted by Crippen LogP contribution is 2.34. The molecule has 2 saturated heterocycles. The first kappa shape index (κ1) is 15.1. The zero-order valence-electron chi connectivity index (χ0n) is 11.3. The second-order valence-electron chi connectivity index (χ2n) is 5.67. The van der Waals surface area contributed by atoms with Crippen molar-refractivity contribution in [2.75, 3.05) is 26.3 Å². The number of ether oxygens (including phenoxy) is 2. The maximum atomic E-state index is 10.2. The minimum absolute atomic E-state index is 0.212. The average molecular weight is 277 g/mol. The third-order valence-electron chi connectivity index (χ3n) is 3.70. The Balaban J connectivity index is 2.13. The largest absolute Gasteiger partial charge is 0.395 e. The molecule has 0 saturated carbocycles. The van der Waals surface area contributed by atoms with Gasteiger partial charge in [-0.1, -0.05) is 0 Å². The summed E-state index contributed by atoms with van der Waals surface area (Å²) >= 11 is 0. The maximum Gasteiger partial charge on any atom is 0.164 e. The number of nitrogens with zero attached hydrogens (tertiary/aromatic N) is 1. The van der Waals surface area contributed by atoms with E-state index in [1.54, 1.807) is 18.7 Å². The maximum absolute atomic E-state index is 10.2. The molecule has 0 amide bonds. The molecule has 4 atom stereocenters. The molecular formula is C12H23NO6. The highest BCUT2D eigenvalue weighted by molar-refractivity contribution is 4.96. The molecule has 0 aliphatic carbocycles. The summed E-state index contributed by atoms with van der Waals surface area (Å²) in [6.07, 6.45) is -2.89. The molecule has 0 radical (unpaired) electrons. The molecule has 2 aliphatic heterocycles. The van der Waals surface area contributed by atoms with Gasteiger partial charge in [-0.25, -0.2) is 0 Å². The first-order chi connectivity index (χ1) is 8.88. The summed E-state index contributed by atoms with van der Waals surface area (Å²) in [5, 5.41) is 38.8. The quantitative estimate of drug-likeness (QED) is 0.468. The van der Waals surface area contributed by atoms with Crippen LogP contribution in [0.5, 0.6) is 0 Å². The lowest BCUT2D eigenvalue weighted by molar-refractivity contribution is -0.167. The van der Waals surface area contributed by atoms with Gasteiger partial charge < -0.3 is 29.9 Å². The molecule has 4 N–H and O–H groups in total. The number of β-amino-alcohol motifs (C(OH)–C–C–N with tert-alkyl or cyclic N) is 2. The van der Waals surface area contributed by atoms with Crippen LogP contribution in [0.1, 0.15) is 13.8 Å². The van der Waals surface area contributed by atoms with Crippen molar-refractivity contribution in [1.29, 1.82) is 0 Å². The van der Waals surface area contributed by atoms with E-state index < -0.39 is 36.2 Å². The Morgan fingerprint density at radius 3 is 1.84 bits per heavy atom. The Kier molecular flexibility index (Phi) is 4.46. The molecule has 2 heterocycles. The molecule has 0 bridgehead atoms. The number of hydrogen-bond donors (Lipinski definition) is 4. The molecule has 7 heteroatoms. The molecule has 0 spiro atoms. The normalized spacial score (nSPS) is 39.3. The van der Waals surface area contributed by atoms with Crippen LogP contribution in [0.15, 0.2) is 0 Å². The Morgan fingerprint density at radius 2 is 1.47 bits per heavy atom. The Morgan fingerprint density at radius 1 is 1.05 bits per heavy atom. The van der Waals surface area contributed by atoms with Crippen LogP contribution in [-0.2, 0) is 9.47 Å². The molecule has 19 heavy (non-hydrogen) atoms.